The van der Waals surface area contributed by atoms with Crippen LogP contribution in [0.15, 0.2) is 24.3 Å². The highest BCUT2D eigenvalue weighted by Gasteiger charge is 2.15. The Bertz CT molecular complexity index is 478. The summed E-state index contributed by atoms with van der Waals surface area (Å²) in [7, 11) is 0. The summed E-state index contributed by atoms with van der Waals surface area (Å²) in [4.78, 5) is 26.4. The third kappa shape index (κ3) is 18.8. The maximum absolute atomic E-state index is 12.1. The van der Waals surface area contributed by atoms with Crippen molar-refractivity contribution in [2.75, 3.05) is 26.2 Å². The van der Waals surface area contributed by atoms with Crippen LogP contribution in [0.2, 0.25) is 0 Å². The number of unbranched alkanes of at least 4 members (excludes halogenated alkanes) is 6. The second-order valence-electron chi connectivity index (χ2n) is 8.45. The molecule has 0 radical (unpaired) electrons. The molecule has 6 heteroatoms. The van der Waals surface area contributed by atoms with Crippen molar-refractivity contribution in [3.05, 3.63) is 24.3 Å². The van der Waals surface area contributed by atoms with Crippen molar-refractivity contribution in [2.45, 2.75) is 97.6 Å². The number of carbonyl (C=O) groups excluding carboxylic acids is 2. The molecule has 0 aromatic rings. The fourth-order valence-electron chi connectivity index (χ4n) is 3.40. The number of aliphatic hydroxyl groups excluding tert-OH is 1. The Morgan fingerprint density at radius 2 is 1.26 bits per heavy atom. The number of hydrogen-bond donors (Lipinski definition) is 3. The largest absolute Gasteiger partial charge is 0.396 e. The number of nitrogens with zero attached hydrogens (tertiary/aromatic N) is 1. The topological polar surface area (TPSA) is 81.7 Å². The molecule has 0 fully saturated rings. The van der Waals surface area contributed by atoms with Gasteiger partial charge >= 0.3 is 0 Å². The lowest BCUT2D eigenvalue weighted by Gasteiger charge is -2.28. The minimum absolute atomic E-state index is 0.0205. The maximum Gasteiger partial charge on any atom is 0.243 e. The van der Waals surface area contributed by atoms with Gasteiger partial charge < -0.3 is 15.7 Å². The normalized spacial score (nSPS) is 13.7. The highest BCUT2D eigenvalue weighted by molar-refractivity contribution is 5.88. The zero-order chi connectivity index (χ0) is 23.3. The standard InChI is InChI=1S/C25H47N3O3/c1-5-7-9-11-13-16-24(30)26-22(3)20-28(18-15-19-29)21-23(4)27-25(31)17-14-12-10-8-6-2/h13-14,16-17,22-23,29H,5-12,15,18-21H2,1-4H3,(H,26,30)(H,27,31)/b16-13+,17-14+. The van der Waals surface area contributed by atoms with Gasteiger partial charge in [-0.2, -0.15) is 0 Å². The van der Waals surface area contributed by atoms with E-state index in [1.54, 1.807) is 12.2 Å². The van der Waals surface area contributed by atoms with E-state index in [1.807, 2.05) is 26.0 Å². The van der Waals surface area contributed by atoms with Crippen LogP contribution in [0.3, 0.4) is 0 Å². The molecule has 2 unspecified atom stereocenters. The second kappa shape index (κ2) is 20.3. The first-order valence-electron chi connectivity index (χ1n) is 12.2. The fraction of sp³-hybridized carbons (Fsp3) is 0.760. The van der Waals surface area contributed by atoms with Gasteiger partial charge in [0.05, 0.1) is 0 Å². The quantitative estimate of drug-likeness (QED) is 0.211. The van der Waals surface area contributed by atoms with E-state index in [0.29, 0.717) is 19.5 Å². The summed E-state index contributed by atoms with van der Waals surface area (Å²) in [5.74, 6) is -0.138. The van der Waals surface area contributed by atoms with Crippen molar-refractivity contribution in [1.82, 2.24) is 15.5 Å². The number of amides is 2. The Hall–Kier alpha value is -1.66. The number of hydrogen-bond acceptors (Lipinski definition) is 4. The zero-order valence-corrected chi connectivity index (χ0v) is 20.4. The molecule has 0 spiro atoms. The Morgan fingerprint density at radius 3 is 1.65 bits per heavy atom. The maximum atomic E-state index is 12.1. The molecule has 0 aromatic heterocycles. The molecule has 0 saturated carbocycles. The van der Waals surface area contributed by atoms with Gasteiger partial charge in [0.2, 0.25) is 11.8 Å². The van der Waals surface area contributed by atoms with Gasteiger partial charge in [-0.1, -0.05) is 51.7 Å². The summed E-state index contributed by atoms with van der Waals surface area (Å²) in [5, 5.41) is 15.2. The molecule has 6 nitrogen and oxygen atoms in total. The lowest BCUT2D eigenvalue weighted by Crippen LogP contribution is -2.47. The molecular weight excluding hydrogens is 390 g/mol. The average molecular weight is 438 g/mol. The molecule has 0 saturated heterocycles. The molecule has 2 amide bonds. The van der Waals surface area contributed by atoms with Crippen LogP contribution in [0.4, 0.5) is 0 Å². The van der Waals surface area contributed by atoms with E-state index in [9.17, 15) is 14.7 Å². The Morgan fingerprint density at radius 1 is 0.806 bits per heavy atom. The SMILES string of the molecule is CCCCC/C=C/C(=O)NC(C)CN(CCCO)CC(C)NC(=O)/C=C/CCCCC. The number of carbonyl (C=O) groups is 2. The fourth-order valence-corrected chi connectivity index (χ4v) is 3.40. The van der Waals surface area contributed by atoms with Crippen LogP contribution in [-0.4, -0.2) is 60.1 Å². The molecule has 3 N–H and O–H groups in total. The highest BCUT2D eigenvalue weighted by atomic mass is 16.3. The predicted octanol–water partition coefficient (Wildman–Crippen LogP) is 3.95. The van der Waals surface area contributed by atoms with E-state index in [-0.39, 0.29) is 30.5 Å². The molecular formula is C25H47N3O3. The van der Waals surface area contributed by atoms with Crippen LogP contribution < -0.4 is 10.6 Å². The Labute approximate surface area is 190 Å². The number of rotatable bonds is 19. The zero-order valence-electron chi connectivity index (χ0n) is 20.4. The van der Waals surface area contributed by atoms with E-state index in [2.05, 4.69) is 29.4 Å². The first-order valence-corrected chi connectivity index (χ1v) is 12.2. The molecule has 2 atom stereocenters. The van der Waals surface area contributed by atoms with E-state index in [1.165, 1.54) is 25.7 Å². The molecule has 180 valence electrons. The molecule has 0 heterocycles. The predicted molar refractivity (Wildman–Crippen MR) is 130 cm³/mol. The molecule has 0 bridgehead atoms. The summed E-state index contributed by atoms with van der Waals surface area (Å²) in [6.45, 7) is 10.5. The van der Waals surface area contributed by atoms with Crippen LogP contribution in [0, 0.1) is 0 Å². The van der Waals surface area contributed by atoms with Gasteiger partial charge in [-0.25, -0.2) is 0 Å². The summed E-state index contributed by atoms with van der Waals surface area (Å²) in [6.07, 6.45) is 16.6. The van der Waals surface area contributed by atoms with Gasteiger partial charge in [-0.3, -0.25) is 14.5 Å². The van der Waals surface area contributed by atoms with Crippen LogP contribution in [0.25, 0.3) is 0 Å². The molecule has 0 aliphatic carbocycles. The number of allylic oxidation sites excluding steroid dienone is 2. The monoisotopic (exact) mass is 437 g/mol. The number of aliphatic hydroxyl groups is 1. The molecule has 0 aliphatic heterocycles. The van der Waals surface area contributed by atoms with Crippen LogP contribution >= 0.6 is 0 Å². The summed E-state index contributed by atoms with van der Waals surface area (Å²) in [6, 6.07) is -0.0410. The van der Waals surface area contributed by atoms with Gasteiger partial charge in [-0.05, 0) is 58.1 Å². The smallest absolute Gasteiger partial charge is 0.243 e. The summed E-state index contributed by atoms with van der Waals surface area (Å²) in [5.41, 5.74) is 0. The van der Waals surface area contributed by atoms with E-state index in [4.69, 9.17) is 0 Å². The van der Waals surface area contributed by atoms with Crippen molar-refractivity contribution in [3.63, 3.8) is 0 Å². The first-order chi connectivity index (χ1) is 14.9. The molecule has 0 aromatic carbocycles. The third-order valence-corrected chi connectivity index (χ3v) is 4.96. The van der Waals surface area contributed by atoms with Gasteiger partial charge in [0.15, 0.2) is 0 Å². The average Bonchev–Trinajstić information content (AvgIpc) is 2.71. The van der Waals surface area contributed by atoms with Crippen molar-refractivity contribution >= 4 is 11.8 Å². The van der Waals surface area contributed by atoms with Crippen LogP contribution in [0.1, 0.15) is 85.5 Å². The van der Waals surface area contributed by atoms with Crippen LogP contribution in [-0.2, 0) is 9.59 Å². The summed E-state index contributed by atoms with van der Waals surface area (Å²) >= 11 is 0. The molecule has 0 aliphatic rings. The van der Waals surface area contributed by atoms with Gasteiger partial charge in [-0.15, -0.1) is 0 Å². The van der Waals surface area contributed by atoms with E-state index < -0.39 is 0 Å². The van der Waals surface area contributed by atoms with Crippen molar-refractivity contribution in [2.24, 2.45) is 0 Å². The number of nitrogens with one attached hydrogen (secondary N) is 2. The minimum atomic E-state index is -0.0688. The third-order valence-electron chi connectivity index (χ3n) is 4.96. The van der Waals surface area contributed by atoms with E-state index >= 15 is 0 Å². The summed E-state index contributed by atoms with van der Waals surface area (Å²) < 4.78 is 0. The Kier molecular flexibility index (Phi) is 19.2. The highest BCUT2D eigenvalue weighted by Crippen LogP contribution is 2.02. The van der Waals surface area contributed by atoms with Crippen LogP contribution in [0.5, 0.6) is 0 Å². The van der Waals surface area contributed by atoms with Gasteiger partial charge in [0.1, 0.15) is 0 Å². The first kappa shape index (κ1) is 29.3. The molecule has 0 rings (SSSR count). The minimum Gasteiger partial charge on any atom is -0.396 e. The second-order valence-corrected chi connectivity index (χ2v) is 8.45. The van der Waals surface area contributed by atoms with Crippen molar-refractivity contribution in [1.29, 1.82) is 0 Å². The van der Waals surface area contributed by atoms with Crippen molar-refractivity contribution in [3.8, 4) is 0 Å². The van der Waals surface area contributed by atoms with Gasteiger partial charge in [0.25, 0.3) is 0 Å². The molecule has 31 heavy (non-hydrogen) atoms. The van der Waals surface area contributed by atoms with Crippen molar-refractivity contribution < 1.29 is 14.7 Å². The van der Waals surface area contributed by atoms with E-state index in [0.717, 1.165) is 32.2 Å². The lowest BCUT2D eigenvalue weighted by molar-refractivity contribution is -0.117. The van der Waals surface area contributed by atoms with Gasteiger partial charge in [0, 0.05) is 38.3 Å². The lowest BCUT2D eigenvalue weighted by atomic mass is 10.2. The Balaban J connectivity index is 4.43.